The smallest absolute Gasteiger partial charge is 0.279 e. The number of nitrogens with zero attached hydrogens (tertiary/aromatic N) is 1. The molecule has 0 aliphatic carbocycles. The van der Waals surface area contributed by atoms with Crippen LogP contribution in [-0.4, -0.2) is 37.5 Å². The molecule has 1 unspecified atom stereocenters. The SMILES string of the molecule is Cc1cc(C(C)(O)CNS(=O)(=O)N2CCCCC2)c(C)o1. The number of rotatable bonds is 5. The van der Waals surface area contributed by atoms with E-state index in [0.29, 0.717) is 30.2 Å². The zero-order valence-corrected chi connectivity index (χ0v) is 13.7. The molecule has 6 nitrogen and oxygen atoms in total. The molecular weight excluding hydrogens is 292 g/mol. The minimum atomic E-state index is -3.54. The molecule has 0 spiro atoms. The van der Waals surface area contributed by atoms with E-state index in [9.17, 15) is 13.5 Å². The molecule has 2 rings (SSSR count). The van der Waals surface area contributed by atoms with Gasteiger partial charge in [0.15, 0.2) is 0 Å². The van der Waals surface area contributed by atoms with Gasteiger partial charge in [-0.3, -0.25) is 0 Å². The largest absolute Gasteiger partial charge is 0.466 e. The predicted octanol–water partition coefficient (Wildman–Crippen LogP) is 1.42. The third kappa shape index (κ3) is 3.85. The first-order valence-corrected chi connectivity index (χ1v) is 8.71. The summed E-state index contributed by atoms with van der Waals surface area (Å²) in [7, 11) is -3.54. The van der Waals surface area contributed by atoms with Gasteiger partial charge in [-0.2, -0.15) is 17.4 Å². The van der Waals surface area contributed by atoms with Crippen molar-refractivity contribution in [3.8, 4) is 0 Å². The summed E-state index contributed by atoms with van der Waals surface area (Å²) in [5, 5.41) is 10.5. The van der Waals surface area contributed by atoms with Gasteiger partial charge in [0.2, 0.25) is 0 Å². The highest BCUT2D eigenvalue weighted by atomic mass is 32.2. The van der Waals surface area contributed by atoms with E-state index < -0.39 is 15.8 Å². The highest BCUT2D eigenvalue weighted by Crippen LogP contribution is 2.26. The van der Waals surface area contributed by atoms with Crippen LogP contribution in [0.15, 0.2) is 10.5 Å². The van der Waals surface area contributed by atoms with E-state index in [1.165, 1.54) is 4.31 Å². The first-order chi connectivity index (χ1) is 9.72. The van der Waals surface area contributed by atoms with E-state index in [1.54, 1.807) is 26.8 Å². The van der Waals surface area contributed by atoms with E-state index in [1.807, 2.05) is 0 Å². The summed E-state index contributed by atoms with van der Waals surface area (Å²) in [4.78, 5) is 0. The average Bonchev–Trinajstić information content (AvgIpc) is 2.78. The van der Waals surface area contributed by atoms with Crippen LogP contribution in [0.5, 0.6) is 0 Å². The Morgan fingerprint density at radius 2 is 1.95 bits per heavy atom. The molecule has 0 aromatic carbocycles. The summed E-state index contributed by atoms with van der Waals surface area (Å²) in [5.41, 5.74) is -0.689. The van der Waals surface area contributed by atoms with E-state index in [0.717, 1.165) is 19.3 Å². The van der Waals surface area contributed by atoms with Crippen molar-refractivity contribution in [3.05, 3.63) is 23.2 Å². The summed E-state index contributed by atoms with van der Waals surface area (Å²) in [6, 6.07) is 1.74. The Balaban J connectivity index is 2.05. The van der Waals surface area contributed by atoms with Gasteiger partial charge >= 0.3 is 0 Å². The molecule has 1 aromatic heterocycles. The Morgan fingerprint density at radius 1 is 1.33 bits per heavy atom. The summed E-state index contributed by atoms with van der Waals surface area (Å²) >= 11 is 0. The maximum Gasteiger partial charge on any atom is 0.279 e. The number of piperidine rings is 1. The normalized spacial score (nSPS) is 20.4. The molecule has 0 radical (unpaired) electrons. The van der Waals surface area contributed by atoms with Gasteiger partial charge in [0.05, 0.1) is 0 Å². The van der Waals surface area contributed by atoms with Gasteiger partial charge in [0.25, 0.3) is 10.2 Å². The van der Waals surface area contributed by atoms with Gasteiger partial charge in [-0.05, 0) is 39.7 Å². The maximum atomic E-state index is 12.2. The van der Waals surface area contributed by atoms with Crippen LogP contribution in [-0.2, 0) is 15.8 Å². The second-order valence-electron chi connectivity index (χ2n) is 5.89. The molecule has 2 N–H and O–H groups in total. The minimum absolute atomic E-state index is 0.0777. The van der Waals surface area contributed by atoms with E-state index >= 15 is 0 Å². The van der Waals surface area contributed by atoms with Crippen molar-refractivity contribution >= 4 is 10.2 Å². The first-order valence-electron chi connectivity index (χ1n) is 7.27. The lowest BCUT2D eigenvalue weighted by molar-refractivity contribution is 0.0607. The summed E-state index contributed by atoms with van der Waals surface area (Å²) < 4.78 is 33.8. The molecule has 0 bridgehead atoms. The summed E-state index contributed by atoms with van der Waals surface area (Å²) in [5.74, 6) is 1.30. The van der Waals surface area contributed by atoms with Gasteiger partial charge in [0, 0.05) is 25.2 Å². The molecule has 120 valence electrons. The monoisotopic (exact) mass is 316 g/mol. The molecule has 1 fully saturated rings. The van der Waals surface area contributed by atoms with E-state index in [4.69, 9.17) is 4.42 Å². The number of hydrogen-bond acceptors (Lipinski definition) is 4. The topological polar surface area (TPSA) is 82.8 Å². The fourth-order valence-electron chi connectivity index (χ4n) is 2.69. The molecule has 0 saturated carbocycles. The van der Waals surface area contributed by atoms with Crippen molar-refractivity contribution in [2.45, 2.75) is 45.6 Å². The van der Waals surface area contributed by atoms with Gasteiger partial charge in [-0.25, -0.2) is 0 Å². The fourth-order valence-corrected chi connectivity index (χ4v) is 4.07. The Bertz CT molecular complexity index is 586. The lowest BCUT2D eigenvalue weighted by atomic mass is 9.97. The van der Waals surface area contributed by atoms with Crippen LogP contribution in [0.25, 0.3) is 0 Å². The Morgan fingerprint density at radius 3 is 2.48 bits per heavy atom. The number of furan rings is 1. The van der Waals surface area contributed by atoms with Crippen molar-refractivity contribution in [2.75, 3.05) is 19.6 Å². The van der Waals surface area contributed by atoms with Crippen LogP contribution in [0.1, 0.15) is 43.3 Å². The molecule has 1 atom stereocenters. The van der Waals surface area contributed by atoms with Crippen molar-refractivity contribution in [1.82, 2.24) is 9.03 Å². The Kier molecular flexibility index (Phi) is 4.77. The number of hydrogen-bond donors (Lipinski definition) is 2. The van der Waals surface area contributed by atoms with Crippen molar-refractivity contribution in [2.24, 2.45) is 0 Å². The minimum Gasteiger partial charge on any atom is -0.466 e. The molecule has 1 aliphatic heterocycles. The van der Waals surface area contributed by atoms with Crippen molar-refractivity contribution in [3.63, 3.8) is 0 Å². The highest BCUT2D eigenvalue weighted by Gasteiger charge is 2.31. The van der Waals surface area contributed by atoms with Crippen LogP contribution < -0.4 is 4.72 Å². The summed E-state index contributed by atoms with van der Waals surface area (Å²) in [6.45, 7) is 6.15. The molecule has 1 saturated heterocycles. The average molecular weight is 316 g/mol. The first kappa shape index (κ1) is 16.5. The van der Waals surface area contributed by atoms with E-state index in [-0.39, 0.29) is 6.54 Å². The zero-order chi connectivity index (χ0) is 15.7. The lowest BCUT2D eigenvalue weighted by Crippen LogP contribution is -2.47. The van der Waals surface area contributed by atoms with Crippen LogP contribution >= 0.6 is 0 Å². The molecule has 2 heterocycles. The van der Waals surface area contributed by atoms with Gasteiger partial charge < -0.3 is 9.52 Å². The zero-order valence-electron chi connectivity index (χ0n) is 12.8. The number of aliphatic hydroxyl groups is 1. The summed E-state index contributed by atoms with van der Waals surface area (Å²) in [6.07, 6.45) is 2.84. The van der Waals surface area contributed by atoms with Crippen LogP contribution in [0.4, 0.5) is 0 Å². The Labute approximate surface area is 126 Å². The van der Waals surface area contributed by atoms with Crippen LogP contribution in [0.2, 0.25) is 0 Å². The van der Waals surface area contributed by atoms with Crippen molar-refractivity contribution in [1.29, 1.82) is 0 Å². The van der Waals surface area contributed by atoms with Crippen LogP contribution in [0, 0.1) is 13.8 Å². The van der Waals surface area contributed by atoms with Gasteiger partial charge in [-0.15, -0.1) is 0 Å². The predicted molar refractivity (Wildman–Crippen MR) is 80.1 cm³/mol. The van der Waals surface area contributed by atoms with E-state index in [2.05, 4.69) is 4.72 Å². The molecular formula is C14H24N2O4S. The molecule has 7 heteroatoms. The van der Waals surface area contributed by atoms with Crippen LogP contribution in [0.3, 0.4) is 0 Å². The second-order valence-corrected chi connectivity index (χ2v) is 7.64. The van der Waals surface area contributed by atoms with Gasteiger partial charge in [0.1, 0.15) is 17.1 Å². The highest BCUT2D eigenvalue weighted by molar-refractivity contribution is 7.87. The number of nitrogens with one attached hydrogen (secondary N) is 1. The fraction of sp³-hybridized carbons (Fsp3) is 0.714. The number of aryl methyl sites for hydroxylation is 2. The standard InChI is InChI=1S/C14H24N2O4S/c1-11-9-13(12(2)20-11)14(3,17)10-15-21(18,19)16-7-5-4-6-8-16/h9,15,17H,4-8,10H2,1-3H3. The van der Waals surface area contributed by atoms with Gasteiger partial charge in [-0.1, -0.05) is 6.42 Å². The third-order valence-corrected chi connectivity index (χ3v) is 5.43. The molecule has 21 heavy (non-hydrogen) atoms. The van der Waals surface area contributed by atoms with Crippen molar-refractivity contribution < 1.29 is 17.9 Å². The lowest BCUT2D eigenvalue weighted by Gasteiger charge is -2.29. The second kappa shape index (κ2) is 6.08. The molecule has 0 amide bonds. The molecule has 1 aliphatic rings. The Hall–Kier alpha value is -0.890. The quantitative estimate of drug-likeness (QED) is 0.861. The maximum absolute atomic E-state index is 12.2. The molecule has 1 aromatic rings. The third-order valence-electron chi connectivity index (χ3n) is 3.87.